The Hall–Kier alpha value is -2.79. The molecule has 3 aromatic rings. The minimum atomic E-state index is -0.478. The van der Waals surface area contributed by atoms with Crippen LogP contribution in [0.15, 0.2) is 42.5 Å². The van der Waals surface area contributed by atoms with Gasteiger partial charge in [0.1, 0.15) is 11.4 Å². The number of aryl methyl sites for hydroxylation is 2. The minimum Gasteiger partial charge on any atom is -0.444 e. The Morgan fingerprint density at radius 3 is 2.58 bits per heavy atom. The van der Waals surface area contributed by atoms with Crippen LogP contribution in [0.1, 0.15) is 49.7 Å². The summed E-state index contributed by atoms with van der Waals surface area (Å²) in [6.07, 6.45) is 4.97. The van der Waals surface area contributed by atoms with Crippen molar-refractivity contribution in [1.82, 2.24) is 14.5 Å². The molecule has 4 rings (SSSR count). The summed E-state index contributed by atoms with van der Waals surface area (Å²) in [5.41, 5.74) is 5.29. The number of benzene rings is 2. The summed E-state index contributed by atoms with van der Waals surface area (Å²) in [6.45, 7) is 12.0. The first-order chi connectivity index (χ1) is 15.6. The van der Waals surface area contributed by atoms with Gasteiger partial charge < -0.3 is 14.2 Å². The average Bonchev–Trinajstić information content (AvgIpc) is 3.33. The predicted octanol–water partition coefficient (Wildman–Crippen LogP) is 6.63. The van der Waals surface area contributed by atoms with Crippen molar-refractivity contribution in [3.63, 3.8) is 0 Å². The van der Waals surface area contributed by atoms with Crippen molar-refractivity contribution in [3.05, 3.63) is 70.0 Å². The van der Waals surface area contributed by atoms with Crippen molar-refractivity contribution >= 4 is 34.8 Å². The van der Waals surface area contributed by atoms with Gasteiger partial charge in [-0.25, -0.2) is 9.78 Å². The van der Waals surface area contributed by atoms with E-state index in [4.69, 9.17) is 21.3 Å². The number of carbonyl (C=O) groups excluding carboxylic acids is 1. The quantitative estimate of drug-likeness (QED) is 0.434. The Bertz CT molecular complexity index is 1190. The molecule has 2 aromatic carbocycles. The van der Waals surface area contributed by atoms with Crippen LogP contribution >= 0.6 is 11.6 Å². The van der Waals surface area contributed by atoms with Crippen LogP contribution in [0.3, 0.4) is 0 Å². The number of likely N-dealkylation sites (tertiary alicyclic amines) is 1. The molecule has 1 fully saturated rings. The number of nitrogens with zero attached hydrogens (tertiary/aromatic N) is 3. The molecule has 2 heterocycles. The summed E-state index contributed by atoms with van der Waals surface area (Å²) in [6, 6.07) is 12.3. The molecular weight excluding hydrogens is 434 g/mol. The Labute approximate surface area is 201 Å². The smallest absolute Gasteiger partial charge is 0.410 e. The molecule has 0 radical (unpaired) electrons. The normalized spacial score (nSPS) is 16.8. The summed E-state index contributed by atoms with van der Waals surface area (Å²) in [5.74, 6) is 1.20. The number of imidazole rings is 1. The zero-order chi connectivity index (χ0) is 23.8. The first-order valence-electron chi connectivity index (χ1n) is 11.5. The van der Waals surface area contributed by atoms with E-state index in [2.05, 4.69) is 54.8 Å². The summed E-state index contributed by atoms with van der Waals surface area (Å²) >= 11 is 6.08. The molecule has 174 valence electrons. The fourth-order valence-electron chi connectivity index (χ4n) is 4.12. The summed E-state index contributed by atoms with van der Waals surface area (Å²) in [4.78, 5) is 19.1. The average molecular weight is 466 g/mol. The summed E-state index contributed by atoms with van der Waals surface area (Å²) < 4.78 is 7.78. The molecule has 1 unspecified atom stereocenters. The number of ether oxygens (including phenoxy) is 1. The van der Waals surface area contributed by atoms with E-state index in [0.29, 0.717) is 19.6 Å². The lowest BCUT2D eigenvalue weighted by atomic mass is 10.1. The van der Waals surface area contributed by atoms with Crippen molar-refractivity contribution < 1.29 is 9.53 Å². The van der Waals surface area contributed by atoms with E-state index in [0.717, 1.165) is 28.3 Å². The van der Waals surface area contributed by atoms with Crippen molar-refractivity contribution in [3.8, 4) is 0 Å². The minimum absolute atomic E-state index is 0.237. The lowest BCUT2D eigenvalue weighted by Gasteiger charge is -2.24. The third kappa shape index (κ3) is 5.59. The van der Waals surface area contributed by atoms with Gasteiger partial charge >= 0.3 is 6.09 Å². The molecule has 0 spiro atoms. The monoisotopic (exact) mass is 465 g/mol. The maximum Gasteiger partial charge on any atom is 0.410 e. The van der Waals surface area contributed by atoms with Crippen LogP contribution in [0.5, 0.6) is 0 Å². The van der Waals surface area contributed by atoms with E-state index in [1.165, 1.54) is 16.7 Å². The molecule has 1 atom stereocenters. The van der Waals surface area contributed by atoms with E-state index >= 15 is 0 Å². The molecule has 0 saturated carbocycles. The van der Waals surface area contributed by atoms with Crippen molar-refractivity contribution in [1.29, 1.82) is 0 Å². The highest BCUT2D eigenvalue weighted by Crippen LogP contribution is 2.25. The van der Waals surface area contributed by atoms with Crippen LogP contribution in [0, 0.1) is 19.8 Å². The largest absolute Gasteiger partial charge is 0.444 e. The van der Waals surface area contributed by atoms with Crippen molar-refractivity contribution in [2.75, 3.05) is 13.1 Å². The van der Waals surface area contributed by atoms with Crippen LogP contribution in [-0.2, 0) is 11.3 Å². The van der Waals surface area contributed by atoms with Gasteiger partial charge in [0.2, 0.25) is 0 Å². The lowest BCUT2D eigenvalue weighted by Crippen LogP contribution is -2.35. The van der Waals surface area contributed by atoms with Gasteiger partial charge in [-0.3, -0.25) is 0 Å². The third-order valence-electron chi connectivity index (χ3n) is 6.04. The van der Waals surface area contributed by atoms with Gasteiger partial charge in [0.05, 0.1) is 11.0 Å². The number of rotatable bonds is 4. The second-order valence-corrected chi connectivity index (χ2v) is 10.4. The summed E-state index contributed by atoms with van der Waals surface area (Å²) in [7, 11) is 0. The van der Waals surface area contributed by atoms with Crippen LogP contribution in [0.2, 0.25) is 5.02 Å². The standard InChI is InChI=1S/C27H32ClN3O2/c1-18-14-23-24(15-19(18)2)31(17-20-6-9-22(28)10-7-20)25(29-23)11-8-21-12-13-30(16-21)26(32)33-27(3,4)5/h6-11,14-15,21H,12-13,16-17H2,1-5H3/b11-8+. The zero-order valence-electron chi connectivity index (χ0n) is 20.1. The Morgan fingerprint density at radius 2 is 1.88 bits per heavy atom. The van der Waals surface area contributed by atoms with Crippen molar-refractivity contribution in [2.24, 2.45) is 5.92 Å². The SMILES string of the molecule is Cc1cc2nc(/C=C/C3CCN(C(=O)OC(C)(C)C)C3)n(Cc3ccc(Cl)cc3)c2cc1C. The number of hydrogen-bond donors (Lipinski definition) is 0. The molecule has 1 aromatic heterocycles. The van der Waals surface area contributed by atoms with Crippen LogP contribution in [0.4, 0.5) is 4.79 Å². The van der Waals surface area contributed by atoms with E-state index < -0.39 is 5.60 Å². The van der Waals surface area contributed by atoms with Crippen LogP contribution in [-0.4, -0.2) is 39.2 Å². The van der Waals surface area contributed by atoms with E-state index in [9.17, 15) is 4.79 Å². The maximum atomic E-state index is 12.4. The lowest BCUT2D eigenvalue weighted by molar-refractivity contribution is 0.0291. The molecule has 1 aliphatic heterocycles. The van der Waals surface area contributed by atoms with Gasteiger partial charge in [-0.15, -0.1) is 0 Å². The molecule has 0 N–H and O–H groups in total. The molecule has 0 aliphatic carbocycles. The molecule has 1 amide bonds. The van der Waals surface area contributed by atoms with Gasteiger partial charge in [-0.2, -0.15) is 0 Å². The molecule has 1 aliphatic rings. The first kappa shape index (κ1) is 23.4. The highest BCUT2D eigenvalue weighted by molar-refractivity contribution is 6.30. The molecular formula is C27H32ClN3O2. The predicted molar refractivity (Wildman–Crippen MR) is 135 cm³/mol. The number of aromatic nitrogens is 2. The second kappa shape index (κ2) is 9.22. The van der Waals surface area contributed by atoms with Crippen LogP contribution < -0.4 is 0 Å². The van der Waals surface area contributed by atoms with Gasteiger partial charge in [0.25, 0.3) is 0 Å². The number of carbonyl (C=O) groups is 1. The molecule has 0 bridgehead atoms. The van der Waals surface area contributed by atoms with Gasteiger partial charge in [0, 0.05) is 24.7 Å². The maximum absolute atomic E-state index is 12.4. The van der Waals surface area contributed by atoms with Gasteiger partial charge in [0.15, 0.2) is 0 Å². The van der Waals surface area contributed by atoms with E-state index in [1.807, 2.05) is 32.9 Å². The summed E-state index contributed by atoms with van der Waals surface area (Å²) in [5, 5.41) is 0.733. The first-order valence-corrected chi connectivity index (χ1v) is 11.8. The second-order valence-electron chi connectivity index (χ2n) is 9.94. The van der Waals surface area contributed by atoms with E-state index in [1.54, 1.807) is 4.90 Å². The molecule has 1 saturated heterocycles. The third-order valence-corrected chi connectivity index (χ3v) is 6.29. The number of fused-ring (bicyclic) bond motifs is 1. The fraction of sp³-hybridized carbons (Fsp3) is 0.407. The van der Waals surface area contributed by atoms with Gasteiger partial charge in [-0.1, -0.05) is 29.8 Å². The highest BCUT2D eigenvalue weighted by Gasteiger charge is 2.28. The topological polar surface area (TPSA) is 47.4 Å². The van der Waals surface area contributed by atoms with E-state index in [-0.39, 0.29) is 12.0 Å². The molecule has 6 heteroatoms. The molecule has 33 heavy (non-hydrogen) atoms. The highest BCUT2D eigenvalue weighted by atomic mass is 35.5. The Morgan fingerprint density at radius 1 is 1.18 bits per heavy atom. The number of hydrogen-bond acceptors (Lipinski definition) is 3. The Balaban J connectivity index is 1.58. The number of halogens is 1. The molecule has 5 nitrogen and oxygen atoms in total. The number of amides is 1. The van der Waals surface area contributed by atoms with Gasteiger partial charge in [-0.05, 0) is 94.0 Å². The zero-order valence-corrected chi connectivity index (χ0v) is 20.8. The fourth-order valence-corrected chi connectivity index (χ4v) is 4.25. The van der Waals surface area contributed by atoms with Crippen LogP contribution in [0.25, 0.3) is 17.1 Å². The van der Waals surface area contributed by atoms with Crippen molar-refractivity contribution in [2.45, 2.75) is 53.2 Å². The Kier molecular flexibility index (Phi) is 6.53.